The largest absolute Gasteiger partial charge is 0.504 e. The van der Waals surface area contributed by atoms with Crippen molar-refractivity contribution in [1.82, 2.24) is 4.57 Å². The monoisotopic (exact) mass is 524 g/mol. The summed E-state index contributed by atoms with van der Waals surface area (Å²) in [4.78, 5) is 31.7. The van der Waals surface area contributed by atoms with E-state index in [1.807, 2.05) is 0 Å². The van der Waals surface area contributed by atoms with Crippen molar-refractivity contribution in [2.75, 3.05) is 13.7 Å². The van der Waals surface area contributed by atoms with Crippen molar-refractivity contribution in [3.8, 4) is 11.5 Å². The molecule has 9 heteroatoms. The van der Waals surface area contributed by atoms with E-state index < -0.39 is 12.0 Å². The molecule has 0 amide bonds. The zero-order valence-corrected chi connectivity index (χ0v) is 21.7. The second-order valence-corrected chi connectivity index (χ2v) is 9.52. The lowest BCUT2D eigenvalue weighted by Gasteiger charge is -2.24. The summed E-state index contributed by atoms with van der Waals surface area (Å²) >= 11 is 7.32. The molecule has 0 spiro atoms. The number of carbonyl (C=O) groups excluding carboxylic acids is 1. The van der Waals surface area contributed by atoms with Crippen molar-refractivity contribution in [1.29, 1.82) is 0 Å². The second-order valence-electron chi connectivity index (χ2n) is 8.08. The highest BCUT2D eigenvalue weighted by Crippen LogP contribution is 2.33. The molecule has 0 bridgehead atoms. The van der Waals surface area contributed by atoms with Crippen LogP contribution in [0.1, 0.15) is 36.6 Å². The summed E-state index contributed by atoms with van der Waals surface area (Å²) in [7, 11) is 1.47. The number of ether oxygens (including phenoxy) is 2. The van der Waals surface area contributed by atoms with E-state index in [9.17, 15) is 14.7 Å². The van der Waals surface area contributed by atoms with E-state index in [1.54, 1.807) is 62.4 Å². The van der Waals surface area contributed by atoms with Gasteiger partial charge in [0.05, 0.1) is 35.6 Å². The Balaban J connectivity index is 1.94. The first-order chi connectivity index (χ1) is 17.3. The van der Waals surface area contributed by atoms with Crippen LogP contribution in [-0.4, -0.2) is 29.4 Å². The van der Waals surface area contributed by atoms with E-state index in [4.69, 9.17) is 21.1 Å². The zero-order valence-electron chi connectivity index (χ0n) is 20.1. The zero-order chi connectivity index (χ0) is 26.0. The van der Waals surface area contributed by atoms with Gasteiger partial charge in [0.15, 0.2) is 16.3 Å². The highest BCUT2D eigenvalue weighted by atomic mass is 35.5. The molecule has 0 saturated heterocycles. The van der Waals surface area contributed by atoms with Crippen molar-refractivity contribution in [3.05, 3.63) is 102 Å². The van der Waals surface area contributed by atoms with Gasteiger partial charge in [-0.25, -0.2) is 9.79 Å². The Bertz CT molecular complexity index is 1550. The molecule has 2 aromatic carbocycles. The molecule has 1 aliphatic rings. The number of hydrogen-bond acceptors (Lipinski definition) is 7. The van der Waals surface area contributed by atoms with Crippen LogP contribution in [-0.2, 0) is 16.0 Å². The quantitative estimate of drug-likeness (QED) is 0.374. The fourth-order valence-electron chi connectivity index (χ4n) is 4.14. The Hall–Kier alpha value is -3.62. The minimum atomic E-state index is -0.717. The van der Waals surface area contributed by atoms with Crippen LogP contribution in [0.25, 0.3) is 6.08 Å². The van der Waals surface area contributed by atoms with Gasteiger partial charge >= 0.3 is 5.97 Å². The average molecular weight is 525 g/mol. The van der Waals surface area contributed by atoms with Crippen LogP contribution in [0.5, 0.6) is 11.5 Å². The molecule has 0 radical (unpaired) electrons. The Morgan fingerprint density at radius 2 is 2.03 bits per heavy atom. The van der Waals surface area contributed by atoms with Crippen LogP contribution in [0.3, 0.4) is 0 Å². The van der Waals surface area contributed by atoms with Crippen LogP contribution in [0.2, 0.25) is 5.02 Å². The van der Waals surface area contributed by atoms with Crippen molar-refractivity contribution < 1.29 is 19.4 Å². The number of benzene rings is 2. The lowest BCUT2D eigenvalue weighted by atomic mass is 9.96. The molecule has 2 heterocycles. The number of methoxy groups -OCH3 is 1. The third-order valence-electron chi connectivity index (χ3n) is 5.76. The maximum absolute atomic E-state index is 13.7. The van der Waals surface area contributed by atoms with E-state index in [2.05, 4.69) is 11.6 Å². The fourth-order valence-corrected chi connectivity index (χ4v) is 5.32. The molecule has 4 rings (SSSR count). The standard InChI is InChI=1S/C27H25ClN2O5S/c1-5-7-18-12-16(13-20(34-4)24(18)31)14-21-25(32)30-23(17-8-10-19(28)11-9-17)22(26(33)35-6-2)15(3)29-27(30)36-21/h5,8-14,23,31H,1,6-7H2,2-4H3/b21-14+. The predicted octanol–water partition coefficient (Wildman–Crippen LogP) is 3.89. The number of carbonyl (C=O) groups is 1. The summed E-state index contributed by atoms with van der Waals surface area (Å²) in [5.41, 5.74) is 2.51. The third kappa shape index (κ3) is 4.74. The Labute approximate surface area is 216 Å². The fraction of sp³-hybridized carbons (Fsp3) is 0.222. The summed E-state index contributed by atoms with van der Waals surface area (Å²) in [6, 6.07) is 9.73. The van der Waals surface area contributed by atoms with Crippen LogP contribution in [0.4, 0.5) is 0 Å². The van der Waals surface area contributed by atoms with Crippen LogP contribution >= 0.6 is 22.9 Å². The minimum Gasteiger partial charge on any atom is -0.504 e. The highest BCUT2D eigenvalue weighted by molar-refractivity contribution is 7.07. The summed E-state index contributed by atoms with van der Waals surface area (Å²) in [5.74, 6) is -0.188. The maximum Gasteiger partial charge on any atom is 0.338 e. The maximum atomic E-state index is 13.7. The molecule has 186 valence electrons. The molecule has 1 N–H and O–H groups in total. The molecule has 7 nitrogen and oxygen atoms in total. The summed E-state index contributed by atoms with van der Waals surface area (Å²) in [6.45, 7) is 7.39. The SMILES string of the molecule is C=CCc1cc(/C=c2/sc3n(c2=O)C(c2ccc(Cl)cc2)C(C(=O)OCC)=C(C)N=3)cc(OC)c1O. The van der Waals surface area contributed by atoms with Crippen LogP contribution in [0.15, 0.2) is 70.1 Å². The average Bonchev–Trinajstić information content (AvgIpc) is 3.15. The number of esters is 1. The number of fused-ring (bicyclic) bond motifs is 1. The smallest absolute Gasteiger partial charge is 0.338 e. The highest BCUT2D eigenvalue weighted by Gasteiger charge is 2.33. The number of halogens is 1. The number of phenols is 1. The first-order valence-corrected chi connectivity index (χ1v) is 12.4. The van der Waals surface area contributed by atoms with Crippen molar-refractivity contribution >= 4 is 35.0 Å². The first kappa shape index (κ1) is 25.5. The molecule has 3 aromatic rings. The van der Waals surface area contributed by atoms with Crippen molar-refractivity contribution in [2.24, 2.45) is 4.99 Å². The lowest BCUT2D eigenvalue weighted by molar-refractivity contribution is -0.139. The molecule has 1 aliphatic heterocycles. The number of aromatic nitrogens is 1. The molecule has 1 unspecified atom stereocenters. The number of thiazole rings is 1. The topological polar surface area (TPSA) is 90.1 Å². The molecule has 1 atom stereocenters. The molecule has 0 aliphatic carbocycles. The van der Waals surface area contributed by atoms with Gasteiger partial charge in [0.2, 0.25) is 0 Å². The van der Waals surface area contributed by atoms with Crippen molar-refractivity contribution in [3.63, 3.8) is 0 Å². The van der Waals surface area contributed by atoms with Gasteiger partial charge in [0.25, 0.3) is 5.56 Å². The first-order valence-electron chi connectivity index (χ1n) is 11.2. The van der Waals surface area contributed by atoms with Gasteiger partial charge in [-0.2, -0.15) is 0 Å². The minimum absolute atomic E-state index is 0.0356. The van der Waals surface area contributed by atoms with Gasteiger partial charge in [-0.3, -0.25) is 9.36 Å². The number of nitrogens with zero attached hydrogens (tertiary/aromatic N) is 2. The Kier molecular flexibility index (Phi) is 7.47. The van der Waals surface area contributed by atoms with Crippen LogP contribution in [0, 0.1) is 0 Å². The van der Waals surface area contributed by atoms with Gasteiger partial charge in [-0.05, 0) is 61.7 Å². The van der Waals surface area contributed by atoms with E-state index >= 15 is 0 Å². The Morgan fingerprint density at radius 3 is 2.67 bits per heavy atom. The molecule has 1 aromatic heterocycles. The van der Waals surface area contributed by atoms with Gasteiger partial charge in [0, 0.05) is 10.6 Å². The van der Waals surface area contributed by atoms with E-state index in [-0.39, 0.29) is 17.9 Å². The summed E-state index contributed by atoms with van der Waals surface area (Å²) in [6.07, 6.45) is 3.84. The van der Waals surface area contributed by atoms with Crippen molar-refractivity contribution in [2.45, 2.75) is 26.3 Å². The van der Waals surface area contributed by atoms with Crippen LogP contribution < -0.4 is 19.6 Å². The van der Waals surface area contributed by atoms with E-state index in [0.29, 0.717) is 54.5 Å². The van der Waals surface area contributed by atoms with Gasteiger partial charge in [0.1, 0.15) is 0 Å². The molecule has 0 saturated carbocycles. The number of rotatable bonds is 7. The predicted molar refractivity (Wildman–Crippen MR) is 140 cm³/mol. The van der Waals surface area contributed by atoms with Gasteiger partial charge in [-0.1, -0.05) is 41.1 Å². The summed E-state index contributed by atoms with van der Waals surface area (Å²) in [5, 5.41) is 11.0. The van der Waals surface area contributed by atoms with Gasteiger partial charge in [-0.15, -0.1) is 6.58 Å². The number of hydrogen-bond donors (Lipinski definition) is 1. The number of allylic oxidation sites excluding steroid dienone is 2. The second kappa shape index (κ2) is 10.6. The summed E-state index contributed by atoms with van der Waals surface area (Å²) < 4.78 is 12.6. The normalized spacial score (nSPS) is 15.3. The van der Waals surface area contributed by atoms with E-state index in [1.165, 1.54) is 23.0 Å². The lowest BCUT2D eigenvalue weighted by Crippen LogP contribution is -2.39. The molecule has 36 heavy (non-hydrogen) atoms. The van der Waals surface area contributed by atoms with Gasteiger partial charge < -0.3 is 14.6 Å². The molecular weight excluding hydrogens is 500 g/mol. The Morgan fingerprint density at radius 1 is 1.31 bits per heavy atom. The number of phenolic OH excluding ortho intramolecular Hbond substituents is 1. The molecule has 0 fully saturated rings. The number of aromatic hydroxyl groups is 1. The third-order valence-corrected chi connectivity index (χ3v) is 7.00. The molecular formula is C27H25ClN2O5S. The van der Waals surface area contributed by atoms with E-state index in [0.717, 1.165) is 0 Å².